The molecule has 1 aromatic rings. The third kappa shape index (κ3) is 3.26. The van der Waals surface area contributed by atoms with Gasteiger partial charge in [-0.15, -0.1) is 0 Å². The van der Waals surface area contributed by atoms with E-state index in [9.17, 15) is 4.39 Å². The van der Waals surface area contributed by atoms with Gasteiger partial charge in [-0.05, 0) is 75.8 Å². The molecule has 0 aromatic heterocycles. The molecular formula is C17H24BFO2S. The average Bonchev–Trinajstić information content (AvgIpc) is 2.57. The molecule has 0 atom stereocenters. The van der Waals surface area contributed by atoms with Crippen LogP contribution in [0.15, 0.2) is 17.6 Å². The maximum absolute atomic E-state index is 13.4. The van der Waals surface area contributed by atoms with E-state index in [0.717, 1.165) is 22.2 Å². The standard InChI is InChI=1S/C17H24BFO2S/c1-11-7-14(19)8-12(2)15(11)9-13(10-22)18-20-16(3,4)17(5,6)21-18/h7-9,22H,10H2,1-6H3. The molecule has 1 saturated heterocycles. The molecule has 0 saturated carbocycles. The first-order valence-electron chi connectivity index (χ1n) is 7.51. The number of benzene rings is 1. The zero-order chi connectivity index (χ0) is 16.7. The lowest BCUT2D eigenvalue weighted by atomic mass is 9.77. The van der Waals surface area contributed by atoms with E-state index in [1.54, 1.807) is 12.1 Å². The van der Waals surface area contributed by atoms with Crippen LogP contribution in [0.3, 0.4) is 0 Å². The summed E-state index contributed by atoms with van der Waals surface area (Å²) < 4.78 is 25.6. The molecule has 0 amide bonds. The normalized spacial score (nSPS) is 20.5. The minimum absolute atomic E-state index is 0.213. The lowest BCUT2D eigenvalue weighted by molar-refractivity contribution is 0.00578. The molecule has 0 N–H and O–H groups in total. The Kier molecular flexibility index (Phi) is 4.81. The summed E-state index contributed by atoms with van der Waals surface area (Å²) in [6.07, 6.45) is 2.01. The van der Waals surface area contributed by atoms with Gasteiger partial charge >= 0.3 is 7.12 Å². The van der Waals surface area contributed by atoms with Crippen LogP contribution in [-0.4, -0.2) is 24.1 Å². The van der Waals surface area contributed by atoms with E-state index in [-0.39, 0.29) is 17.0 Å². The van der Waals surface area contributed by atoms with Crippen LogP contribution >= 0.6 is 12.6 Å². The lowest BCUT2D eigenvalue weighted by Crippen LogP contribution is -2.41. The van der Waals surface area contributed by atoms with E-state index in [0.29, 0.717) is 5.75 Å². The minimum atomic E-state index is -0.425. The zero-order valence-electron chi connectivity index (χ0n) is 14.2. The molecule has 1 fully saturated rings. The van der Waals surface area contributed by atoms with E-state index in [1.807, 2.05) is 47.6 Å². The summed E-state index contributed by atoms with van der Waals surface area (Å²) in [5.74, 6) is 0.308. The van der Waals surface area contributed by atoms with Crippen molar-refractivity contribution < 1.29 is 13.7 Å². The molecule has 120 valence electrons. The lowest BCUT2D eigenvalue weighted by Gasteiger charge is -2.32. The molecule has 0 spiro atoms. The Morgan fingerprint density at radius 3 is 2.00 bits per heavy atom. The molecule has 5 heteroatoms. The number of aryl methyl sites for hydroxylation is 2. The summed E-state index contributed by atoms with van der Waals surface area (Å²) in [5.41, 5.74) is 2.97. The van der Waals surface area contributed by atoms with E-state index in [1.165, 1.54) is 0 Å². The molecule has 0 aliphatic carbocycles. The number of hydrogen-bond acceptors (Lipinski definition) is 3. The molecule has 1 aromatic carbocycles. The number of thiol groups is 1. The second-order valence-electron chi connectivity index (χ2n) is 6.92. The van der Waals surface area contributed by atoms with Crippen LogP contribution in [0.1, 0.15) is 44.4 Å². The Labute approximate surface area is 138 Å². The highest BCUT2D eigenvalue weighted by Gasteiger charge is 2.52. The van der Waals surface area contributed by atoms with E-state index >= 15 is 0 Å². The van der Waals surface area contributed by atoms with Gasteiger partial charge in [0.25, 0.3) is 0 Å². The van der Waals surface area contributed by atoms with E-state index in [4.69, 9.17) is 9.31 Å². The van der Waals surface area contributed by atoms with Gasteiger partial charge in [-0.3, -0.25) is 0 Å². The van der Waals surface area contributed by atoms with Crippen LogP contribution in [0.4, 0.5) is 4.39 Å². The quantitative estimate of drug-likeness (QED) is 0.657. The predicted octanol–water partition coefficient (Wildman–Crippen LogP) is 4.39. The Morgan fingerprint density at radius 2 is 1.59 bits per heavy atom. The van der Waals surface area contributed by atoms with Crippen LogP contribution < -0.4 is 0 Å². The van der Waals surface area contributed by atoms with Crippen LogP contribution in [0.25, 0.3) is 6.08 Å². The van der Waals surface area contributed by atoms with Crippen molar-refractivity contribution in [3.63, 3.8) is 0 Å². The summed E-state index contributed by atoms with van der Waals surface area (Å²) in [4.78, 5) is 0. The highest BCUT2D eigenvalue weighted by Crippen LogP contribution is 2.39. The van der Waals surface area contributed by atoms with Crippen LogP contribution in [-0.2, 0) is 9.31 Å². The fourth-order valence-electron chi connectivity index (χ4n) is 2.52. The average molecular weight is 322 g/mol. The van der Waals surface area contributed by atoms with Crippen molar-refractivity contribution in [3.8, 4) is 0 Å². The SMILES string of the molecule is Cc1cc(F)cc(C)c1C=C(CS)B1OC(C)(C)C(C)(C)O1. The van der Waals surface area contributed by atoms with Crippen molar-refractivity contribution in [1.29, 1.82) is 0 Å². The van der Waals surface area contributed by atoms with Gasteiger partial charge in [0.05, 0.1) is 11.2 Å². The van der Waals surface area contributed by atoms with Gasteiger partial charge in [0, 0.05) is 5.75 Å². The maximum atomic E-state index is 13.4. The van der Waals surface area contributed by atoms with Gasteiger partial charge < -0.3 is 9.31 Å². The Balaban J connectivity index is 2.38. The molecule has 22 heavy (non-hydrogen) atoms. The summed E-state index contributed by atoms with van der Waals surface area (Å²) >= 11 is 4.42. The third-order valence-electron chi connectivity index (χ3n) is 4.63. The number of halogens is 1. The Bertz CT molecular complexity index is 572. The van der Waals surface area contributed by atoms with Gasteiger partial charge in [-0.1, -0.05) is 6.08 Å². The Hall–Kier alpha value is -0.775. The molecule has 0 bridgehead atoms. The number of rotatable bonds is 3. The first kappa shape index (κ1) is 17.6. The second-order valence-corrected chi connectivity index (χ2v) is 7.24. The fourth-order valence-corrected chi connectivity index (χ4v) is 2.76. The Morgan fingerprint density at radius 1 is 1.14 bits per heavy atom. The summed E-state index contributed by atoms with van der Waals surface area (Å²) in [7, 11) is -0.425. The first-order valence-corrected chi connectivity index (χ1v) is 8.14. The summed E-state index contributed by atoms with van der Waals surface area (Å²) in [6, 6.07) is 3.08. The molecule has 1 aliphatic rings. The largest absolute Gasteiger partial charge is 0.491 e. The molecule has 1 heterocycles. The summed E-state index contributed by atoms with van der Waals surface area (Å²) in [5, 5.41) is 0. The van der Waals surface area contributed by atoms with Crippen molar-refractivity contribution in [1.82, 2.24) is 0 Å². The minimum Gasteiger partial charge on any atom is -0.400 e. The molecule has 1 aliphatic heterocycles. The predicted molar refractivity (Wildman–Crippen MR) is 93.8 cm³/mol. The van der Waals surface area contributed by atoms with Crippen LogP contribution in [0, 0.1) is 19.7 Å². The molecule has 0 radical (unpaired) electrons. The van der Waals surface area contributed by atoms with Crippen LogP contribution in [0.5, 0.6) is 0 Å². The van der Waals surface area contributed by atoms with E-state index in [2.05, 4.69) is 12.6 Å². The molecular weight excluding hydrogens is 298 g/mol. The summed E-state index contributed by atoms with van der Waals surface area (Å²) in [6.45, 7) is 11.9. The maximum Gasteiger partial charge on any atom is 0.491 e. The van der Waals surface area contributed by atoms with Gasteiger partial charge in [0.15, 0.2) is 0 Å². The van der Waals surface area contributed by atoms with E-state index < -0.39 is 7.12 Å². The van der Waals surface area contributed by atoms with Crippen molar-refractivity contribution >= 4 is 25.8 Å². The number of hydrogen-bond donors (Lipinski definition) is 1. The first-order chi connectivity index (χ1) is 10.1. The van der Waals surface area contributed by atoms with Gasteiger partial charge in [-0.25, -0.2) is 4.39 Å². The zero-order valence-corrected chi connectivity index (χ0v) is 15.1. The molecule has 2 rings (SSSR count). The van der Waals surface area contributed by atoms with Crippen molar-refractivity contribution in [2.45, 2.75) is 52.7 Å². The monoisotopic (exact) mass is 322 g/mol. The highest BCUT2D eigenvalue weighted by atomic mass is 32.1. The smallest absolute Gasteiger partial charge is 0.400 e. The van der Waals surface area contributed by atoms with Crippen LogP contribution in [0.2, 0.25) is 0 Å². The third-order valence-corrected chi connectivity index (χ3v) is 4.99. The highest BCUT2D eigenvalue weighted by molar-refractivity contribution is 7.80. The van der Waals surface area contributed by atoms with Gasteiger partial charge in [0.1, 0.15) is 5.82 Å². The van der Waals surface area contributed by atoms with Gasteiger partial charge in [0.2, 0.25) is 0 Å². The second kappa shape index (κ2) is 6.02. The fraction of sp³-hybridized carbons (Fsp3) is 0.529. The van der Waals surface area contributed by atoms with Crippen molar-refractivity contribution in [2.75, 3.05) is 5.75 Å². The topological polar surface area (TPSA) is 18.5 Å². The van der Waals surface area contributed by atoms with Crippen molar-refractivity contribution in [3.05, 3.63) is 40.1 Å². The van der Waals surface area contributed by atoms with Crippen molar-refractivity contribution in [2.24, 2.45) is 0 Å². The molecule has 2 nitrogen and oxygen atoms in total. The molecule has 0 unspecified atom stereocenters. The van der Waals surface area contributed by atoms with Gasteiger partial charge in [-0.2, -0.15) is 12.6 Å².